The number of thiazole rings is 1. The molecule has 0 saturated heterocycles. The van der Waals surface area contributed by atoms with Gasteiger partial charge in [-0.05, 0) is 13.0 Å². The fraction of sp³-hybridized carbons (Fsp3) is 0.154. The first-order valence-corrected chi connectivity index (χ1v) is 7.78. The summed E-state index contributed by atoms with van der Waals surface area (Å²) in [6, 6.07) is 6.54. The summed E-state index contributed by atoms with van der Waals surface area (Å²) in [6.45, 7) is 1.85. The molecular formula is C13H11FN4OS2. The van der Waals surface area contributed by atoms with Gasteiger partial charge in [-0.3, -0.25) is 0 Å². The minimum absolute atomic E-state index is 0.155. The third-order valence-corrected chi connectivity index (χ3v) is 4.73. The van der Waals surface area contributed by atoms with Gasteiger partial charge < -0.3 is 10.8 Å². The summed E-state index contributed by atoms with van der Waals surface area (Å²) in [5.41, 5.74) is 6.51. The van der Waals surface area contributed by atoms with Crippen LogP contribution in [0.2, 0.25) is 0 Å². The highest BCUT2D eigenvalue weighted by molar-refractivity contribution is 7.99. The van der Waals surface area contributed by atoms with Crippen LogP contribution in [0.25, 0.3) is 10.3 Å². The normalized spacial score (nSPS) is 12.7. The Morgan fingerprint density at radius 1 is 1.29 bits per heavy atom. The first kappa shape index (κ1) is 14.0. The number of thioether (sulfide) groups is 1. The topological polar surface area (TPSA) is 84.9 Å². The Hall–Kier alpha value is -1.93. The maximum Gasteiger partial charge on any atom is 0.235 e. The maximum absolute atomic E-state index is 13.7. The van der Waals surface area contributed by atoms with Crippen LogP contribution in [0, 0.1) is 5.82 Å². The van der Waals surface area contributed by atoms with Gasteiger partial charge in [0.25, 0.3) is 0 Å². The molecule has 8 heteroatoms. The smallest absolute Gasteiger partial charge is 0.235 e. The van der Waals surface area contributed by atoms with E-state index in [1.807, 2.05) is 6.92 Å². The molecule has 0 saturated carbocycles. The van der Waals surface area contributed by atoms with Crippen LogP contribution < -0.4 is 5.73 Å². The molecule has 3 rings (SSSR count). The second-order valence-corrected chi connectivity index (χ2v) is 6.65. The molecule has 1 atom stereocenters. The molecule has 21 heavy (non-hydrogen) atoms. The van der Waals surface area contributed by atoms with Crippen LogP contribution in [0.3, 0.4) is 0 Å². The molecule has 2 heterocycles. The van der Waals surface area contributed by atoms with E-state index in [9.17, 15) is 9.50 Å². The number of hydrogen-bond donors (Lipinski definition) is 2. The summed E-state index contributed by atoms with van der Waals surface area (Å²) in [6.07, 6.45) is 0. The number of nitrogens with zero attached hydrogens (tertiary/aromatic N) is 3. The fourth-order valence-electron chi connectivity index (χ4n) is 1.89. The number of halogens is 1. The van der Waals surface area contributed by atoms with Crippen molar-refractivity contribution in [2.75, 3.05) is 5.73 Å². The Kier molecular flexibility index (Phi) is 3.64. The highest BCUT2D eigenvalue weighted by Gasteiger charge is 2.17. The molecular weight excluding hydrogens is 311 g/mol. The molecule has 0 radical (unpaired) electrons. The van der Waals surface area contributed by atoms with Crippen molar-refractivity contribution < 1.29 is 9.50 Å². The average molecular weight is 322 g/mol. The van der Waals surface area contributed by atoms with Crippen molar-refractivity contribution in [2.24, 2.45) is 0 Å². The molecule has 0 unspecified atom stereocenters. The van der Waals surface area contributed by atoms with Gasteiger partial charge in [0.05, 0.1) is 0 Å². The van der Waals surface area contributed by atoms with Crippen molar-refractivity contribution in [3.05, 3.63) is 35.6 Å². The molecule has 3 N–H and O–H groups in total. The highest BCUT2D eigenvalue weighted by Crippen LogP contribution is 2.37. The van der Waals surface area contributed by atoms with E-state index in [4.69, 9.17) is 5.73 Å². The Balaban J connectivity index is 1.93. The number of nitrogen functional groups attached to an aromatic ring is 1. The average Bonchev–Trinajstić information content (AvgIpc) is 2.80. The largest absolute Gasteiger partial charge is 0.492 e. The Bertz CT molecular complexity index is 808. The number of anilines is 1. The van der Waals surface area contributed by atoms with Gasteiger partial charge in [-0.2, -0.15) is 4.98 Å². The van der Waals surface area contributed by atoms with Gasteiger partial charge in [-0.15, -0.1) is 0 Å². The molecule has 0 aliphatic rings. The molecule has 0 aliphatic carbocycles. The van der Waals surface area contributed by atoms with Gasteiger partial charge in [0.1, 0.15) is 10.5 Å². The second kappa shape index (κ2) is 5.45. The third-order valence-electron chi connectivity index (χ3n) is 2.86. The fourth-order valence-corrected chi connectivity index (χ4v) is 3.46. The van der Waals surface area contributed by atoms with E-state index in [-0.39, 0.29) is 16.9 Å². The lowest BCUT2D eigenvalue weighted by atomic mass is 10.1. The van der Waals surface area contributed by atoms with Crippen LogP contribution in [0.4, 0.5) is 9.52 Å². The molecule has 0 bridgehead atoms. The third kappa shape index (κ3) is 2.77. The summed E-state index contributed by atoms with van der Waals surface area (Å²) in [4.78, 5) is 12.3. The minimum Gasteiger partial charge on any atom is -0.492 e. The molecule has 5 nitrogen and oxygen atoms in total. The van der Waals surface area contributed by atoms with Crippen molar-refractivity contribution >= 4 is 38.6 Å². The number of aromatic hydroxyl groups is 1. The standard InChI is InChI=1S/C13H11FN4OS2/c1-6(7-4-2-3-5-8(7)14)20-13-17-10-9(11(19)18-13)21-12(15)16-10/h2-6H,1H3,(H3,15,16,17,18,19)/t6-/m0/s1. The first-order valence-electron chi connectivity index (χ1n) is 6.08. The Labute approximate surface area is 128 Å². The molecule has 0 fully saturated rings. The summed E-state index contributed by atoms with van der Waals surface area (Å²) >= 11 is 2.38. The summed E-state index contributed by atoms with van der Waals surface area (Å²) < 4.78 is 14.2. The molecule has 3 aromatic rings. The van der Waals surface area contributed by atoms with E-state index in [2.05, 4.69) is 15.0 Å². The van der Waals surface area contributed by atoms with Crippen LogP contribution >= 0.6 is 23.1 Å². The molecule has 1 aromatic carbocycles. The molecule has 0 spiro atoms. The van der Waals surface area contributed by atoms with Crippen molar-refractivity contribution in [3.8, 4) is 5.88 Å². The SMILES string of the molecule is C[C@H](Sc1nc(O)c2sc(N)nc2n1)c1ccccc1F. The lowest BCUT2D eigenvalue weighted by Gasteiger charge is -2.11. The summed E-state index contributed by atoms with van der Waals surface area (Å²) in [7, 11) is 0. The van der Waals surface area contributed by atoms with Crippen LogP contribution in [-0.2, 0) is 0 Å². The van der Waals surface area contributed by atoms with E-state index in [1.54, 1.807) is 18.2 Å². The number of hydrogen-bond acceptors (Lipinski definition) is 7. The lowest BCUT2D eigenvalue weighted by Crippen LogP contribution is -1.95. The van der Waals surface area contributed by atoms with Crippen LogP contribution in [0.15, 0.2) is 29.4 Å². The van der Waals surface area contributed by atoms with Gasteiger partial charge in [0.15, 0.2) is 15.9 Å². The maximum atomic E-state index is 13.7. The summed E-state index contributed by atoms with van der Waals surface area (Å²) in [5, 5.41) is 10.3. The number of fused-ring (bicyclic) bond motifs is 1. The number of aromatic nitrogens is 3. The van der Waals surface area contributed by atoms with Gasteiger partial charge in [0, 0.05) is 10.8 Å². The predicted octanol–water partition coefficient (Wildman–Crippen LogP) is 3.37. The Morgan fingerprint density at radius 3 is 2.81 bits per heavy atom. The summed E-state index contributed by atoms with van der Waals surface area (Å²) in [5.74, 6) is -0.432. The molecule has 2 aromatic heterocycles. The predicted molar refractivity (Wildman–Crippen MR) is 82.0 cm³/mol. The van der Waals surface area contributed by atoms with Crippen LogP contribution in [0.1, 0.15) is 17.7 Å². The number of nitrogens with two attached hydrogens (primary N) is 1. The van der Waals surface area contributed by atoms with E-state index >= 15 is 0 Å². The van der Waals surface area contributed by atoms with Gasteiger partial charge in [-0.1, -0.05) is 41.3 Å². The van der Waals surface area contributed by atoms with Crippen molar-refractivity contribution in [3.63, 3.8) is 0 Å². The zero-order chi connectivity index (χ0) is 15.0. The van der Waals surface area contributed by atoms with Crippen LogP contribution in [0.5, 0.6) is 5.88 Å². The minimum atomic E-state index is -0.277. The van der Waals surface area contributed by atoms with Gasteiger partial charge >= 0.3 is 0 Å². The number of rotatable bonds is 3. The van der Waals surface area contributed by atoms with Gasteiger partial charge in [-0.25, -0.2) is 14.4 Å². The van der Waals surface area contributed by atoms with Gasteiger partial charge in [0.2, 0.25) is 5.88 Å². The van der Waals surface area contributed by atoms with E-state index in [1.165, 1.54) is 17.8 Å². The quantitative estimate of drug-likeness (QED) is 0.568. The van der Waals surface area contributed by atoms with Crippen molar-refractivity contribution in [2.45, 2.75) is 17.3 Å². The van der Waals surface area contributed by atoms with E-state index < -0.39 is 0 Å². The van der Waals surface area contributed by atoms with E-state index in [0.717, 1.165) is 11.3 Å². The highest BCUT2D eigenvalue weighted by atomic mass is 32.2. The monoisotopic (exact) mass is 322 g/mol. The second-order valence-electron chi connectivity index (χ2n) is 4.32. The zero-order valence-electron chi connectivity index (χ0n) is 10.9. The number of benzene rings is 1. The first-order chi connectivity index (χ1) is 10.0. The van der Waals surface area contributed by atoms with Crippen molar-refractivity contribution in [1.82, 2.24) is 15.0 Å². The zero-order valence-corrected chi connectivity index (χ0v) is 12.6. The van der Waals surface area contributed by atoms with E-state index in [0.29, 0.717) is 26.2 Å². The molecule has 0 aliphatic heterocycles. The Morgan fingerprint density at radius 2 is 2.05 bits per heavy atom. The van der Waals surface area contributed by atoms with Crippen LogP contribution in [-0.4, -0.2) is 20.1 Å². The molecule has 108 valence electrons. The molecule has 0 amide bonds. The van der Waals surface area contributed by atoms with Crippen molar-refractivity contribution in [1.29, 1.82) is 0 Å². The lowest BCUT2D eigenvalue weighted by molar-refractivity contribution is 0.454.